The first-order valence-corrected chi connectivity index (χ1v) is 10.5. The van der Waals surface area contributed by atoms with Gasteiger partial charge in [-0.25, -0.2) is 8.42 Å². The first kappa shape index (κ1) is 23.7. The van der Waals surface area contributed by atoms with Crippen LogP contribution in [-0.4, -0.2) is 39.2 Å². The van der Waals surface area contributed by atoms with Crippen molar-refractivity contribution in [2.75, 3.05) is 17.9 Å². The fourth-order valence-electron chi connectivity index (χ4n) is 2.87. The molecule has 0 spiro atoms. The summed E-state index contributed by atoms with van der Waals surface area (Å²) in [6, 6.07) is 11.7. The van der Waals surface area contributed by atoms with E-state index in [-0.39, 0.29) is 23.0 Å². The van der Waals surface area contributed by atoms with Crippen LogP contribution in [0.4, 0.5) is 18.9 Å². The number of likely N-dealkylation sites (N-methyl/N-ethyl adjacent to an activating group) is 1. The lowest BCUT2D eigenvalue weighted by atomic mass is 9.92. The number of carbonyl (C=O) groups excluding carboxylic acids is 1. The van der Waals surface area contributed by atoms with E-state index in [9.17, 15) is 31.5 Å². The van der Waals surface area contributed by atoms with Gasteiger partial charge in [-0.2, -0.15) is 13.2 Å². The molecule has 0 aliphatic heterocycles. The molecule has 1 unspecified atom stereocenters. The first-order valence-electron chi connectivity index (χ1n) is 9.05. The summed E-state index contributed by atoms with van der Waals surface area (Å²) < 4.78 is 67.6. The van der Waals surface area contributed by atoms with Crippen LogP contribution in [0, 0.1) is 5.92 Å². The number of hydrogen-bond acceptors (Lipinski definition) is 4. The third-order valence-corrected chi connectivity index (χ3v) is 6.21. The van der Waals surface area contributed by atoms with Crippen LogP contribution in [0.5, 0.6) is 0 Å². The number of alkyl halides is 3. The third kappa shape index (κ3) is 4.44. The fourth-order valence-corrected chi connectivity index (χ4v) is 4.52. The summed E-state index contributed by atoms with van der Waals surface area (Å²) in [6.07, 6.45) is -5.28. The summed E-state index contributed by atoms with van der Waals surface area (Å²) in [6.45, 7) is 3.68. The van der Waals surface area contributed by atoms with E-state index in [1.807, 2.05) is 0 Å². The molecule has 2 N–H and O–H groups in total. The summed E-state index contributed by atoms with van der Waals surface area (Å²) in [4.78, 5) is 11.8. The summed E-state index contributed by atoms with van der Waals surface area (Å²) in [5.41, 5.74) is -4.38. The Labute approximate surface area is 173 Å². The predicted molar refractivity (Wildman–Crippen MR) is 106 cm³/mol. The van der Waals surface area contributed by atoms with Crippen LogP contribution >= 0.6 is 0 Å². The van der Waals surface area contributed by atoms with Gasteiger partial charge in [0.2, 0.25) is 0 Å². The summed E-state index contributed by atoms with van der Waals surface area (Å²) >= 11 is 0. The quantitative estimate of drug-likeness (QED) is 0.687. The van der Waals surface area contributed by atoms with Crippen molar-refractivity contribution in [3.05, 3.63) is 60.2 Å². The van der Waals surface area contributed by atoms with Crippen LogP contribution in [0.15, 0.2) is 59.5 Å². The van der Waals surface area contributed by atoms with Crippen LogP contribution < -0.4 is 9.62 Å². The molecule has 1 atom stereocenters. The monoisotopic (exact) mass is 444 g/mol. The predicted octanol–water partition coefficient (Wildman–Crippen LogP) is 3.03. The van der Waals surface area contributed by atoms with E-state index in [4.69, 9.17) is 0 Å². The van der Waals surface area contributed by atoms with Gasteiger partial charge in [0, 0.05) is 19.2 Å². The van der Waals surface area contributed by atoms with E-state index < -0.39 is 33.3 Å². The van der Waals surface area contributed by atoms with Gasteiger partial charge in [0.15, 0.2) is 0 Å². The Bertz CT molecular complexity index is 977. The molecule has 2 aromatic rings. The number of anilines is 1. The molecule has 1 amide bonds. The third-order valence-electron chi connectivity index (χ3n) is 4.40. The van der Waals surface area contributed by atoms with E-state index in [0.717, 1.165) is 35.6 Å². The van der Waals surface area contributed by atoms with E-state index >= 15 is 0 Å². The van der Waals surface area contributed by atoms with Crippen LogP contribution in [0.2, 0.25) is 0 Å². The molecule has 0 saturated carbocycles. The molecule has 0 aliphatic carbocycles. The molecule has 0 aromatic heterocycles. The lowest BCUT2D eigenvalue weighted by Gasteiger charge is -2.30. The zero-order valence-electron chi connectivity index (χ0n) is 16.6. The molecule has 164 valence electrons. The number of aliphatic hydroxyl groups is 1. The topological polar surface area (TPSA) is 86.7 Å². The van der Waals surface area contributed by atoms with E-state index in [1.54, 1.807) is 37.4 Å². The lowest BCUT2D eigenvalue weighted by molar-refractivity contribution is -0.256. The Morgan fingerprint density at radius 2 is 1.60 bits per heavy atom. The minimum Gasteiger partial charge on any atom is -0.369 e. The molecular formula is C20H23F3N2O4S. The number of amides is 1. The molecular weight excluding hydrogens is 421 g/mol. The zero-order chi connectivity index (χ0) is 22.7. The van der Waals surface area contributed by atoms with Crippen molar-refractivity contribution in [2.24, 2.45) is 5.92 Å². The van der Waals surface area contributed by atoms with Gasteiger partial charge in [0.1, 0.15) is 0 Å². The molecule has 2 aromatic carbocycles. The number of benzene rings is 2. The van der Waals surface area contributed by atoms with Gasteiger partial charge in [0.25, 0.3) is 21.5 Å². The Balaban J connectivity index is 2.55. The largest absolute Gasteiger partial charge is 0.430 e. The highest BCUT2D eigenvalue weighted by molar-refractivity contribution is 7.92. The van der Waals surface area contributed by atoms with Crippen LogP contribution in [0.1, 0.15) is 19.4 Å². The van der Waals surface area contributed by atoms with Gasteiger partial charge >= 0.3 is 6.18 Å². The second-order valence-corrected chi connectivity index (χ2v) is 8.94. The Kier molecular flexibility index (Phi) is 6.83. The van der Waals surface area contributed by atoms with Crippen LogP contribution in [-0.2, 0) is 20.4 Å². The number of nitrogens with one attached hydrogen (secondary N) is 1. The number of hydrogen-bond donors (Lipinski definition) is 2. The molecule has 2 rings (SSSR count). The molecule has 6 nitrogen and oxygen atoms in total. The molecule has 10 heteroatoms. The maximum Gasteiger partial charge on any atom is 0.430 e. The number of rotatable bonds is 7. The number of carbonyl (C=O) groups is 1. The average molecular weight is 444 g/mol. The zero-order valence-corrected chi connectivity index (χ0v) is 17.5. The van der Waals surface area contributed by atoms with Crippen molar-refractivity contribution in [3.63, 3.8) is 0 Å². The van der Waals surface area contributed by atoms with Crippen molar-refractivity contribution in [3.8, 4) is 0 Å². The SMILES string of the molecule is CNC(=O)C(O)(c1ccc(N(CC(C)C)S(=O)(=O)c2ccccc2)cc1)C(F)(F)F. The molecule has 0 saturated heterocycles. The van der Waals surface area contributed by atoms with Gasteiger partial charge in [0.05, 0.1) is 10.6 Å². The summed E-state index contributed by atoms with van der Waals surface area (Å²) in [7, 11) is -3.00. The Morgan fingerprint density at radius 3 is 2.03 bits per heavy atom. The van der Waals surface area contributed by atoms with Gasteiger partial charge in [-0.1, -0.05) is 44.2 Å². The molecule has 0 radical (unpaired) electrons. The Hall–Kier alpha value is -2.59. The normalized spacial score (nSPS) is 14.3. The summed E-state index contributed by atoms with van der Waals surface area (Å²) in [5, 5.41) is 11.9. The number of nitrogens with zero attached hydrogens (tertiary/aromatic N) is 1. The lowest BCUT2D eigenvalue weighted by Crippen LogP contribution is -2.53. The highest BCUT2D eigenvalue weighted by Crippen LogP contribution is 2.40. The highest BCUT2D eigenvalue weighted by atomic mass is 32.2. The van der Waals surface area contributed by atoms with E-state index in [1.165, 1.54) is 12.1 Å². The molecule has 0 heterocycles. The van der Waals surface area contributed by atoms with Crippen LogP contribution in [0.3, 0.4) is 0 Å². The molecule has 0 aliphatic rings. The number of halogens is 3. The van der Waals surface area contributed by atoms with Crippen molar-refractivity contribution in [1.29, 1.82) is 0 Å². The standard InChI is InChI=1S/C20H23F3N2O4S/c1-14(2)13-25(30(28,29)17-7-5-4-6-8-17)16-11-9-15(10-12-16)19(27,18(26)24-3)20(21,22)23/h4-12,14,27H,13H2,1-3H3,(H,24,26). The van der Waals surface area contributed by atoms with Crippen molar-refractivity contribution in [1.82, 2.24) is 5.32 Å². The maximum absolute atomic E-state index is 13.5. The maximum atomic E-state index is 13.5. The van der Waals surface area contributed by atoms with Gasteiger partial charge < -0.3 is 10.4 Å². The summed E-state index contributed by atoms with van der Waals surface area (Å²) in [5.74, 6) is -1.72. The van der Waals surface area contributed by atoms with Crippen molar-refractivity contribution >= 4 is 21.6 Å². The first-order chi connectivity index (χ1) is 13.9. The smallest absolute Gasteiger partial charge is 0.369 e. The minimum absolute atomic E-state index is 0.0342. The second-order valence-electron chi connectivity index (χ2n) is 7.08. The number of sulfonamides is 1. The van der Waals surface area contributed by atoms with Crippen LogP contribution in [0.25, 0.3) is 0 Å². The molecule has 30 heavy (non-hydrogen) atoms. The van der Waals surface area contributed by atoms with Gasteiger partial charge in [-0.05, 0) is 30.2 Å². The highest BCUT2D eigenvalue weighted by Gasteiger charge is 2.60. The average Bonchev–Trinajstić information content (AvgIpc) is 2.70. The van der Waals surface area contributed by atoms with Crippen molar-refractivity contribution in [2.45, 2.75) is 30.5 Å². The van der Waals surface area contributed by atoms with E-state index in [2.05, 4.69) is 0 Å². The van der Waals surface area contributed by atoms with E-state index in [0.29, 0.717) is 0 Å². The molecule has 0 fully saturated rings. The molecule has 0 bridgehead atoms. The minimum atomic E-state index is -5.28. The second kappa shape index (κ2) is 8.65. The van der Waals surface area contributed by atoms with Crippen molar-refractivity contribution < 1.29 is 31.5 Å². The van der Waals surface area contributed by atoms with Gasteiger partial charge in [-0.3, -0.25) is 9.10 Å². The Morgan fingerprint density at radius 1 is 1.07 bits per heavy atom. The van der Waals surface area contributed by atoms with Gasteiger partial charge in [-0.15, -0.1) is 0 Å². The fraction of sp³-hybridized carbons (Fsp3) is 0.350.